The van der Waals surface area contributed by atoms with Crippen LogP contribution in [0, 0.1) is 0 Å². The predicted octanol–water partition coefficient (Wildman–Crippen LogP) is 1.85. The monoisotopic (exact) mass is 528 g/mol. The van der Waals surface area contributed by atoms with Crippen LogP contribution in [0.5, 0.6) is 0 Å². The third kappa shape index (κ3) is 6.23. The number of nitrogens with zero attached hydrogens (tertiary/aromatic N) is 5. The van der Waals surface area contributed by atoms with Gasteiger partial charge in [0.1, 0.15) is 12.1 Å². The molecule has 5 rings (SSSR count). The van der Waals surface area contributed by atoms with E-state index in [1.807, 2.05) is 29.2 Å². The first-order valence-corrected chi connectivity index (χ1v) is 13.7. The number of aliphatic hydroxyl groups excluding tert-OH is 1. The largest absolute Gasteiger partial charge is 0.387 e. The molecule has 200 valence electrons. The minimum absolute atomic E-state index is 0.133. The SMILES string of the molecule is C[C@@H]1C[C@@H](O)c2ncnc(N3CCN(C(=O)C(Cc4ccc(Cl)cc4)NCCN4CCOCC4)CC3)c21. The molecule has 3 heterocycles. The van der Waals surface area contributed by atoms with Crippen molar-refractivity contribution in [3.05, 3.63) is 52.4 Å². The van der Waals surface area contributed by atoms with Crippen LogP contribution in [0.15, 0.2) is 30.6 Å². The number of carbonyl (C=O) groups excluding carboxylic acids is 1. The Labute approximate surface area is 223 Å². The maximum Gasteiger partial charge on any atom is 0.240 e. The van der Waals surface area contributed by atoms with Crippen molar-refractivity contribution in [3.8, 4) is 0 Å². The number of aromatic nitrogens is 2. The second kappa shape index (κ2) is 12.0. The zero-order valence-corrected chi connectivity index (χ0v) is 22.2. The van der Waals surface area contributed by atoms with Gasteiger partial charge in [0.25, 0.3) is 0 Å². The second-order valence-electron chi connectivity index (χ2n) is 10.3. The Balaban J connectivity index is 1.22. The van der Waals surface area contributed by atoms with Gasteiger partial charge in [-0.1, -0.05) is 30.7 Å². The summed E-state index contributed by atoms with van der Waals surface area (Å²) < 4.78 is 5.45. The van der Waals surface area contributed by atoms with E-state index >= 15 is 0 Å². The Morgan fingerprint density at radius 1 is 1.14 bits per heavy atom. The molecule has 37 heavy (non-hydrogen) atoms. The number of carbonyl (C=O) groups is 1. The van der Waals surface area contributed by atoms with Crippen LogP contribution in [0.4, 0.5) is 5.82 Å². The number of rotatable bonds is 8. The van der Waals surface area contributed by atoms with Crippen LogP contribution in [0.2, 0.25) is 5.02 Å². The lowest BCUT2D eigenvalue weighted by Gasteiger charge is -2.38. The van der Waals surface area contributed by atoms with Crippen molar-refractivity contribution in [2.75, 3.05) is 70.5 Å². The lowest BCUT2D eigenvalue weighted by Crippen LogP contribution is -2.55. The first-order chi connectivity index (χ1) is 18.0. The molecule has 2 aromatic rings. The Hall–Kier alpha value is -2.30. The fourth-order valence-corrected chi connectivity index (χ4v) is 5.76. The highest BCUT2D eigenvalue weighted by Gasteiger charge is 2.34. The minimum Gasteiger partial charge on any atom is -0.387 e. The van der Waals surface area contributed by atoms with Crippen molar-refractivity contribution < 1.29 is 14.6 Å². The molecule has 1 unspecified atom stereocenters. The van der Waals surface area contributed by atoms with Crippen LogP contribution in [0.1, 0.15) is 42.2 Å². The lowest BCUT2D eigenvalue weighted by molar-refractivity contribution is -0.133. The summed E-state index contributed by atoms with van der Waals surface area (Å²) in [6, 6.07) is 7.45. The van der Waals surface area contributed by atoms with Gasteiger partial charge in [0.15, 0.2) is 0 Å². The third-order valence-corrected chi connectivity index (χ3v) is 8.00. The van der Waals surface area contributed by atoms with E-state index in [9.17, 15) is 9.90 Å². The van der Waals surface area contributed by atoms with Gasteiger partial charge in [-0.15, -0.1) is 0 Å². The highest BCUT2D eigenvalue weighted by molar-refractivity contribution is 6.30. The highest BCUT2D eigenvalue weighted by Crippen LogP contribution is 2.42. The van der Waals surface area contributed by atoms with Gasteiger partial charge in [-0.2, -0.15) is 0 Å². The molecule has 1 amide bonds. The molecule has 0 bridgehead atoms. The summed E-state index contributed by atoms with van der Waals surface area (Å²) in [5, 5.41) is 14.6. The fraction of sp³-hybridized carbons (Fsp3) is 0.593. The third-order valence-electron chi connectivity index (χ3n) is 7.74. The number of morpholine rings is 1. The minimum atomic E-state index is -0.522. The standard InChI is InChI=1S/C27H37ClN6O3/c1-19-16-23(35)25-24(19)26(31-18-30-25)33-8-10-34(11-9-33)27(36)22(17-20-2-4-21(28)5-3-20)29-6-7-32-12-14-37-15-13-32/h2-5,18-19,22-23,29,35H,6-17H2,1H3/t19-,22?,23-/m1/s1. The molecular weight excluding hydrogens is 492 g/mol. The van der Waals surface area contributed by atoms with Gasteiger partial charge in [-0.3, -0.25) is 9.69 Å². The molecule has 2 saturated heterocycles. The summed E-state index contributed by atoms with van der Waals surface area (Å²) in [6.07, 6.45) is 2.33. The van der Waals surface area contributed by atoms with Gasteiger partial charge < -0.3 is 25.0 Å². The van der Waals surface area contributed by atoms with Crippen molar-refractivity contribution in [2.24, 2.45) is 0 Å². The number of nitrogens with one attached hydrogen (secondary N) is 1. The maximum absolute atomic E-state index is 13.7. The van der Waals surface area contributed by atoms with Gasteiger partial charge in [0, 0.05) is 62.9 Å². The predicted molar refractivity (Wildman–Crippen MR) is 143 cm³/mol. The van der Waals surface area contributed by atoms with Gasteiger partial charge in [-0.25, -0.2) is 9.97 Å². The molecular formula is C27H37ClN6O3. The highest BCUT2D eigenvalue weighted by atomic mass is 35.5. The van der Waals surface area contributed by atoms with Gasteiger partial charge in [0.2, 0.25) is 5.91 Å². The number of benzene rings is 1. The summed E-state index contributed by atoms with van der Waals surface area (Å²) in [6.45, 7) is 9.85. The van der Waals surface area contributed by atoms with Crippen molar-refractivity contribution in [1.82, 2.24) is 25.1 Å². The fourth-order valence-electron chi connectivity index (χ4n) is 5.64. The van der Waals surface area contributed by atoms with Crippen LogP contribution >= 0.6 is 11.6 Å². The Morgan fingerprint density at radius 3 is 2.59 bits per heavy atom. The molecule has 2 N–H and O–H groups in total. The van der Waals surface area contributed by atoms with Crippen LogP contribution in [0.3, 0.4) is 0 Å². The van der Waals surface area contributed by atoms with E-state index in [0.717, 1.165) is 62.0 Å². The first-order valence-electron chi connectivity index (χ1n) is 13.3. The molecule has 0 spiro atoms. The number of aliphatic hydroxyl groups is 1. The number of hydrogen-bond acceptors (Lipinski definition) is 8. The molecule has 2 fully saturated rings. The smallest absolute Gasteiger partial charge is 0.240 e. The molecule has 2 aliphatic heterocycles. The molecule has 1 aromatic heterocycles. The van der Waals surface area contributed by atoms with Crippen molar-refractivity contribution in [1.29, 1.82) is 0 Å². The van der Waals surface area contributed by atoms with E-state index in [4.69, 9.17) is 16.3 Å². The topological polar surface area (TPSA) is 94.1 Å². The van der Waals surface area contributed by atoms with E-state index in [2.05, 4.69) is 32.0 Å². The van der Waals surface area contributed by atoms with Crippen molar-refractivity contribution >= 4 is 23.3 Å². The molecule has 0 saturated carbocycles. The average Bonchev–Trinajstić information content (AvgIpc) is 3.23. The van der Waals surface area contributed by atoms with Gasteiger partial charge in [0.05, 0.1) is 31.1 Å². The number of ether oxygens (including phenoxy) is 1. The summed E-state index contributed by atoms with van der Waals surface area (Å²) in [7, 11) is 0. The number of halogens is 1. The summed E-state index contributed by atoms with van der Waals surface area (Å²) in [5.41, 5.74) is 2.90. The number of anilines is 1. The van der Waals surface area contributed by atoms with Crippen LogP contribution in [-0.2, 0) is 16.0 Å². The Morgan fingerprint density at radius 2 is 1.86 bits per heavy atom. The molecule has 0 radical (unpaired) electrons. The first kappa shape index (κ1) is 26.3. The summed E-state index contributed by atoms with van der Waals surface area (Å²) in [5.74, 6) is 1.26. The summed E-state index contributed by atoms with van der Waals surface area (Å²) >= 11 is 6.08. The maximum atomic E-state index is 13.7. The average molecular weight is 529 g/mol. The van der Waals surface area contributed by atoms with E-state index in [-0.39, 0.29) is 17.9 Å². The van der Waals surface area contributed by atoms with E-state index in [0.29, 0.717) is 44.0 Å². The molecule has 3 atom stereocenters. The van der Waals surface area contributed by atoms with Crippen LogP contribution < -0.4 is 10.2 Å². The van der Waals surface area contributed by atoms with E-state index in [1.54, 1.807) is 6.33 Å². The zero-order valence-electron chi connectivity index (χ0n) is 21.5. The van der Waals surface area contributed by atoms with E-state index in [1.165, 1.54) is 0 Å². The number of piperazine rings is 1. The van der Waals surface area contributed by atoms with Gasteiger partial charge >= 0.3 is 0 Å². The van der Waals surface area contributed by atoms with E-state index < -0.39 is 6.10 Å². The molecule has 10 heteroatoms. The van der Waals surface area contributed by atoms with Crippen molar-refractivity contribution in [3.63, 3.8) is 0 Å². The number of amides is 1. The quantitative estimate of drug-likeness (QED) is 0.536. The molecule has 1 aliphatic carbocycles. The summed E-state index contributed by atoms with van der Waals surface area (Å²) in [4.78, 5) is 29.2. The number of fused-ring (bicyclic) bond motifs is 1. The zero-order chi connectivity index (χ0) is 25.8. The number of hydrogen-bond donors (Lipinski definition) is 2. The van der Waals surface area contributed by atoms with Crippen molar-refractivity contribution in [2.45, 2.75) is 37.8 Å². The molecule has 9 nitrogen and oxygen atoms in total. The van der Waals surface area contributed by atoms with Crippen LogP contribution in [0.25, 0.3) is 0 Å². The van der Waals surface area contributed by atoms with Crippen LogP contribution in [-0.4, -0.2) is 102 Å². The second-order valence-corrected chi connectivity index (χ2v) is 10.7. The lowest BCUT2D eigenvalue weighted by atomic mass is 10.0. The van der Waals surface area contributed by atoms with Gasteiger partial charge in [-0.05, 0) is 36.5 Å². The Kier molecular flexibility index (Phi) is 8.56. The Bertz CT molecular complexity index is 1060. The molecule has 1 aromatic carbocycles. The molecule has 3 aliphatic rings. The normalized spacial score (nSPS) is 23.2.